The maximum atomic E-state index is 3.65. The maximum Gasteiger partial charge on any atom is 0.0404 e. The molecule has 2 nitrogen and oxygen atoms in total. The summed E-state index contributed by atoms with van der Waals surface area (Å²) in [6, 6.07) is 2.96. The van der Waals surface area contributed by atoms with E-state index < -0.39 is 0 Å². The zero-order chi connectivity index (χ0) is 11.9. The first-order valence-electron chi connectivity index (χ1n) is 7.09. The summed E-state index contributed by atoms with van der Waals surface area (Å²) < 4.78 is 2.35. The molecule has 0 radical (unpaired) electrons. The Kier molecular flexibility index (Phi) is 2.78. The predicted octanol–water partition coefficient (Wildman–Crippen LogP) is 3.35. The van der Waals surface area contributed by atoms with E-state index in [-0.39, 0.29) is 0 Å². The molecule has 0 unspecified atom stereocenters. The Morgan fingerprint density at radius 1 is 1.41 bits per heavy atom. The van der Waals surface area contributed by atoms with Gasteiger partial charge in [0.1, 0.15) is 0 Å². The van der Waals surface area contributed by atoms with Gasteiger partial charge in [-0.3, -0.25) is 0 Å². The highest BCUT2D eigenvalue weighted by Gasteiger charge is 2.48. The molecule has 1 aliphatic carbocycles. The van der Waals surface area contributed by atoms with E-state index in [0.717, 1.165) is 12.5 Å². The third-order valence-corrected chi connectivity index (χ3v) is 4.55. The fourth-order valence-electron chi connectivity index (χ4n) is 3.67. The second-order valence-corrected chi connectivity index (χ2v) is 6.42. The Morgan fingerprint density at radius 2 is 2.18 bits per heavy atom. The average molecular weight is 232 g/mol. The second kappa shape index (κ2) is 4.16. The molecule has 2 fully saturated rings. The van der Waals surface area contributed by atoms with Gasteiger partial charge in [0, 0.05) is 36.9 Å². The fourth-order valence-corrected chi connectivity index (χ4v) is 3.67. The van der Waals surface area contributed by atoms with Gasteiger partial charge in [0.2, 0.25) is 0 Å². The molecule has 0 aromatic carbocycles. The van der Waals surface area contributed by atoms with Crippen molar-refractivity contribution in [1.82, 2.24) is 9.88 Å². The van der Waals surface area contributed by atoms with E-state index in [1.165, 1.54) is 37.8 Å². The molecule has 1 aromatic heterocycles. The molecular weight excluding hydrogens is 208 g/mol. The molecule has 1 aliphatic heterocycles. The van der Waals surface area contributed by atoms with Crippen molar-refractivity contribution in [3.05, 3.63) is 24.0 Å². The summed E-state index contributed by atoms with van der Waals surface area (Å²) in [5.74, 6) is 0.727. The van der Waals surface area contributed by atoms with Crippen LogP contribution in [-0.2, 0) is 6.54 Å². The minimum absolute atomic E-state index is 0.615. The molecule has 3 rings (SSSR count). The van der Waals surface area contributed by atoms with Gasteiger partial charge in [0.05, 0.1) is 0 Å². The molecule has 1 saturated carbocycles. The van der Waals surface area contributed by atoms with Crippen LogP contribution in [0.1, 0.15) is 51.1 Å². The lowest BCUT2D eigenvalue weighted by Crippen LogP contribution is -2.54. The van der Waals surface area contributed by atoms with Crippen LogP contribution in [0.5, 0.6) is 0 Å². The van der Waals surface area contributed by atoms with Crippen LogP contribution in [0.4, 0.5) is 0 Å². The van der Waals surface area contributed by atoms with Gasteiger partial charge in [-0.1, -0.05) is 26.7 Å². The largest absolute Gasteiger partial charge is 0.354 e. The van der Waals surface area contributed by atoms with Gasteiger partial charge in [-0.25, -0.2) is 0 Å². The van der Waals surface area contributed by atoms with E-state index in [4.69, 9.17) is 0 Å². The Labute approximate surface area is 104 Å². The molecule has 2 heteroatoms. The summed E-state index contributed by atoms with van der Waals surface area (Å²) >= 11 is 0. The molecule has 1 atom stereocenters. The minimum Gasteiger partial charge on any atom is -0.354 e. The summed E-state index contributed by atoms with van der Waals surface area (Å²) in [7, 11) is 0. The molecule has 1 N–H and O–H groups in total. The molecule has 94 valence electrons. The number of nitrogens with zero attached hydrogens (tertiary/aromatic N) is 1. The third kappa shape index (κ3) is 1.93. The maximum absolute atomic E-state index is 3.65. The number of rotatable bonds is 3. The summed E-state index contributed by atoms with van der Waals surface area (Å²) in [6.07, 6.45) is 10.3. The highest BCUT2D eigenvalue weighted by molar-refractivity contribution is 5.24. The van der Waals surface area contributed by atoms with Gasteiger partial charge >= 0.3 is 0 Å². The standard InChI is InChI=1S/C15H24N2/c1-12(2)9-17-8-5-13(10-17)14-15(11-16-14)6-3-4-7-15/h5,8,10,12,14,16H,3-4,6-7,9,11H2,1-2H3/t14-/m0/s1. The first-order chi connectivity index (χ1) is 8.20. The minimum atomic E-state index is 0.615. The van der Waals surface area contributed by atoms with Gasteiger partial charge < -0.3 is 9.88 Å². The van der Waals surface area contributed by atoms with Crippen LogP contribution in [0, 0.1) is 11.3 Å². The molecule has 0 amide bonds. The molecule has 1 saturated heterocycles. The van der Waals surface area contributed by atoms with Gasteiger partial charge in [-0.15, -0.1) is 0 Å². The first-order valence-corrected chi connectivity index (χ1v) is 7.09. The summed E-state index contributed by atoms with van der Waals surface area (Å²) in [5, 5.41) is 3.65. The van der Waals surface area contributed by atoms with Crippen molar-refractivity contribution < 1.29 is 0 Å². The lowest BCUT2D eigenvalue weighted by Gasteiger charge is -2.48. The Bertz CT molecular complexity index is 385. The molecule has 0 bridgehead atoms. The number of hydrogen-bond acceptors (Lipinski definition) is 1. The first kappa shape index (κ1) is 11.3. The van der Waals surface area contributed by atoms with Crippen molar-refractivity contribution >= 4 is 0 Å². The van der Waals surface area contributed by atoms with Crippen LogP contribution in [0.3, 0.4) is 0 Å². The predicted molar refractivity (Wildman–Crippen MR) is 70.9 cm³/mol. The monoisotopic (exact) mass is 232 g/mol. The van der Waals surface area contributed by atoms with Crippen molar-refractivity contribution in [3.63, 3.8) is 0 Å². The summed E-state index contributed by atoms with van der Waals surface area (Å²) in [5.41, 5.74) is 2.13. The summed E-state index contributed by atoms with van der Waals surface area (Å²) in [4.78, 5) is 0. The third-order valence-electron chi connectivity index (χ3n) is 4.55. The highest BCUT2D eigenvalue weighted by Crippen LogP contribution is 2.52. The molecule has 1 aromatic rings. The smallest absolute Gasteiger partial charge is 0.0404 e. The van der Waals surface area contributed by atoms with E-state index in [1.54, 1.807) is 0 Å². The van der Waals surface area contributed by atoms with Crippen LogP contribution in [0.2, 0.25) is 0 Å². The van der Waals surface area contributed by atoms with Crippen LogP contribution in [0.15, 0.2) is 18.5 Å². The Hall–Kier alpha value is -0.760. The van der Waals surface area contributed by atoms with Gasteiger partial charge in [0.25, 0.3) is 0 Å². The van der Waals surface area contributed by atoms with Crippen molar-refractivity contribution in [2.75, 3.05) is 6.54 Å². The van der Waals surface area contributed by atoms with E-state index in [0.29, 0.717) is 11.5 Å². The molecule has 2 heterocycles. The summed E-state index contributed by atoms with van der Waals surface area (Å²) in [6.45, 7) is 6.94. The van der Waals surface area contributed by atoms with E-state index in [9.17, 15) is 0 Å². The number of aromatic nitrogens is 1. The Morgan fingerprint density at radius 3 is 2.76 bits per heavy atom. The van der Waals surface area contributed by atoms with E-state index in [2.05, 4.69) is 42.2 Å². The lowest BCUT2D eigenvalue weighted by molar-refractivity contribution is 0.0894. The molecular formula is C15H24N2. The zero-order valence-corrected chi connectivity index (χ0v) is 11.1. The SMILES string of the molecule is CC(C)Cn1ccc([C@@H]2NCC23CCCC3)c1. The van der Waals surface area contributed by atoms with Gasteiger partial charge in [-0.05, 0) is 30.4 Å². The van der Waals surface area contributed by atoms with E-state index >= 15 is 0 Å². The lowest BCUT2D eigenvalue weighted by atomic mass is 9.70. The highest BCUT2D eigenvalue weighted by atomic mass is 15.1. The quantitative estimate of drug-likeness (QED) is 0.845. The number of nitrogens with one attached hydrogen (secondary N) is 1. The zero-order valence-electron chi connectivity index (χ0n) is 11.1. The molecule has 2 aliphatic rings. The van der Waals surface area contributed by atoms with Gasteiger partial charge in [-0.2, -0.15) is 0 Å². The van der Waals surface area contributed by atoms with Crippen LogP contribution < -0.4 is 5.32 Å². The average Bonchev–Trinajstić information content (AvgIpc) is 2.85. The van der Waals surface area contributed by atoms with Crippen molar-refractivity contribution in [2.45, 2.75) is 52.1 Å². The van der Waals surface area contributed by atoms with Crippen molar-refractivity contribution in [2.24, 2.45) is 11.3 Å². The topological polar surface area (TPSA) is 17.0 Å². The normalized spacial score (nSPS) is 26.6. The molecule has 17 heavy (non-hydrogen) atoms. The fraction of sp³-hybridized carbons (Fsp3) is 0.733. The van der Waals surface area contributed by atoms with Crippen molar-refractivity contribution in [3.8, 4) is 0 Å². The van der Waals surface area contributed by atoms with Crippen LogP contribution in [-0.4, -0.2) is 11.1 Å². The second-order valence-electron chi connectivity index (χ2n) is 6.42. The van der Waals surface area contributed by atoms with Crippen molar-refractivity contribution in [1.29, 1.82) is 0 Å². The number of hydrogen-bond donors (Lipinski definition) is 1. The molecule has 1 spiro atoms. The van der Waals surface area contributed by atoms with Crippen LogP contribution >= 0.6 is 0 Å². The van der Waals surface area contributed by atoms with Crippen LogP contribution in [0.25, 0.3) is 0 Å². The van der Waals surface area contributed by atoms with E-state index in [1.807, 2.05) is 0 Å². The van der Waals surface area contributed by atoms with Gasteiger partial charge in [0.15, 0.2) is 0 Å². The Balaban J connectivity index is 1.74.